The Labute approximate surface area is 176 Å². The van der Waals surface area contributed by atoms with Crippen LogP contribution in [0.1, 0.15) is 48.5 Å². The number of hydrogen-bond acceptors (Lipinski definition) is 0. The standard InChI is InChI=1S/C9H15Si.C6H5.C4H9.3ClH.Ti/c1-6-5-9(4,10)8(3)7(6)2;1-2-4-6-5-3-1;1-4(2)3;;;;/h1-4,10H3;1-5H;1-3H3;3*1H;/q;;;;;;+3/p-3. The summed E-state index contributed by atoms with van der Waals surface area (Å²) in [5.74, 6) is 0. The van der Waals surface area contributed by atoms with Gasteiger partial charge < -0.3 is 37.2 Å². The Balaban J connectivity index is 0. The minimum Gasteiger partial charge on any atom is -1.00 e. The third-order valence-corrected chi connectivity index (χ3v) is 13.3. The van der Waals surface area contributed by atoms with Gasteiger partial charge in [-0.05, 0) is 0 Å². The summed E-state index contributed by atoms with van der Waals surface area (Å²) in [6.07, 6.45) is 0. The molecule has 0 nitrogen and oxygen atoms in total. The molecular weight excluding hydrogens is 411 g/mol. The molecule has 0 radical (unpaired) electrons. The fourth-order valence-corrected chi connectivity index (χ4v) is 11.4. The van der Waals surface area contributed by atoms with Crippen LogP contribution in [0.25, 0.3) is 0 Å². The molecule has 1 aromatic rings. The van der Waals surface area contributed by atoms with Gasteiger partial charge in [-0.15, -0.1) is 0 Å². The van der Waals surface area contributed by atoms with Crippen LogP contribution in [-0.2, 0) is 17.9 Å². The zero-order chi connectivity index (χ0) is 16.0. The second-order valence-electron chi connectivity index (χ2n) is 7.87. The first kappa shape index (κ1) is 26.7. The van der Waals surface area contributed by atoms with Gasteiger partial charge in [0, 0.05) is 0 Å². The molecule has 0 bridgehead atoms. The van der Waals surface area contributed by atoms with Gasteiger partial charge in [-0.3, -0.25) is 0 Å². The van der Waals surface area contributed by atoms with Crippen LogP contribution >= 0.6 is 0 Å². The molecule has 0 spiro atoms. The Bertz CT molecular complexity index is 613. The number of allylic oxidation sites excluding steroid dienone is 4. The molecule has 0 aromatic heterocycles. The normalized spacial score (nSPS) is 19.9. The molecule has 1 unspecified atom stereocenters. The van der Waals surface area contributed by atoms with Crippen molar-refractivity contribution in [2.75, 3.05) is 0 Å². The molecule has 0 aliphatic heterocycles. The summed E-state index contributed by atoms with van der Waals surface area (Å²) in [7, 11) is 1.21. The van der Waals surface area contributed by atoms with E-state index in [1.54, 1.807) is 20.6 Å². The number of benzene rings is 1. The average molecular weight is 440 g/mol. The first-order valence-electron chi connectivity index (χ1n) is 7.91. The van der Waals surface area contributed by atoms with Gasteiger partial charge in [0.2, 0.25) is 0 Å². The van der Waals surface area contributed by atoms with E-state index in [0.29, 0.717) is 8.76 Å². The Morgan fingerprint density at radius 1 is 0.875 bits per heavy atom. The van der Waals surface area contributed by atoms with Crippen LogP contribution in [0.15, 0.2) is 50.9 Å². The van der Waals surface area contributed by atoms with Crippen LogP contribution in [-0.4, -0.2) is 10.2 Å². The van der Waals surface area contributed by atoms with E-state index >= 15 is 0 Å². The molecular formula is C19H29Cl3SiTi. The monoisotopic (exact) mass is 438 g/mol. The van der Waals surface area contributed by atoms with E-state index in [4.69, 9.17) is 0 Å². The van der Waals surface area contributed by atoms with Gasteiger partial charge in [-0.25, -0.2) is 0 Å². The van der Waals surface area contributed by atoms with E-state index in [2.05, 4.69) is 78.8 Å². The van der Waals surface area contributed by atoms with Crippen molar-refractivity contribution in [3.63, 3.8) is 0 Å². The van der Waals surface area contributed by atoms with Gasteiger partial charge in [0.25, 0.3) is 0 Å². The molecule has 1 aliphatic carbocycles. The van der Waals surface area contributed by atoms with Crippen LogP contribution in [0.4, 0.5) is 0 Å². The van der Waals surface area contributed by atoms with Gasteiger partial charge in [-0.1, -0.05) is 0 Å². The van der Waals surface area contributed by atoms with Crippen molar-refractivity contribution in [1.29, 1.82) is 0 Å². The Hall–Kier alpha value is 0.501. The summed E-state index contributed by atoms with van der Waals surface area (Å²) >= 11 is -1.56. The van der Waals surface area contributed by atoms with E-state index in [1.165, 1.54) is 10.2 Å². The van der Waals surface area contributed by atoms with Crippen molar-refractivity contribution in [2.24, 2.45) is 0 Å². The molecule has 0 fully saturated rings. The molecule has 0 amide bonds. The zero-order valence-corrected chi connectivity index (χ0v) is 21.8. The van der Waals surface area contributed by atoms with Crippen molar-refractivity contribution in [2.45, 2.75) is 57.2 Å². The molecule has 5 heteroatoms. The quantitative estimate of drug-likeness (QED) is 0.407. The molecule has 1 aromatic carbocycles. The molecule has 1 atom stereocenters. The van der Waals surface area contributed by atoms with E-state index < -0.39 is 17.9 Å². The Morgan fingerprint density at radius 2 is 1.33 bits per heavy atom. The molecule has 24 heavy (non-hydrogen) atoms. The zero-order valence-electron chi connectivity index (χ0n) is 16.0. The average Bonchev–Trinajstić information content (AvgIpc) is 2.54. The second-order valence-corrected chi connectivity index (χ2v) is 15.1. The van der Waals surface area contributed by atoms with E-state index in [9.17, 15) is 0 Å². The first-order chi connectivity index (χ1) is 9.58. The van der Waals surface area contributed by atoms with Crippen LogP contribution in [0, 0.1) is 0 Å². The second kappa shape index (κ2) is 9.44. The van der Waals surface area contributed by atoms with Crippen LogP contribution < -0.4 is 41.1 Å². The fourth-order valence-electron chi connectivity index (χ4n) is 3.65. The predicted octanol–water partition coefficient (Wildman–Crippen LogP) is -4.67. The van der Waals surface area contributed by atoms with Crippen LogP contribution in [0.5, 0.6) is 0 Å². The van der Waals surface area contributed by atoms with Crippen LogP contribution in [0.2, 0.25) is 8.76 Å². The smallest absolute Gasteiger partial charge is 1.00 e. The van der Waals surface area contributed by atoms with E-state index in [-0.39, 0.29) is 37.2 Å². The summed E-state index contributed by atoms with van der Waals surface area (Å²) in [5, 5.41) is 0.368. The van der Waals surface area contributed by atoms with Crippen molar-refractivity contribution < 1.29 is 55.1 Å². The van der Waals surface area contributed by atoms with Gasteiger partial charge in [0.05, 0.1) is 0 Å². The molecule has 134 valence electrons. The number of halogens is 3. The Kier molecular flexibility index (Phi) is 10.5. The maximum absolute atomic E-state index is 2.49. The minimum absolute atomic E-state index is 0. The Morgan fingerprint density at radius 3 is 1.67 bits per heavy atom. The SMILES string of the molecule is CC1=C(C)C(C)([SiH3])[C]([Ti+3]([c]2ccccc2)[C](C)(C)C)=C1C.[Cl-].[Cl-].[Cl-]. The summed E-state index contributed by atoms with van der Waals surface area (Å²) < 4.78 is 3.86. The number of rotatable bonds is 2. The van der Waals surface area contributed by atoms with E-state index in [1.807, 2.05) is 3.88 Å². The summed E-state index contributed by atoms with van der Waals surface area (Å²) in [4.78, 5) is 0. The third kappa shape index (κ3) is 4.81. The van der Waals surface area contributed by atoms with Gasteiger partial charge >= 0.3 is 140 Å². The molecule has 0 heterocycles. The molecule has 0 saturated carbocycles. The minimum atomic E-state index is -1.56. The molecule has 0 saturated heterocycles. The molecule has 1 aliphatic rings. The maximum Gasteiger partial charge on any atom is -1.00 e. The van der Waals surface area contributed by atoms with Gasteiger partial charge in [0.1, 0.15) is 0 Å². The molecule has 2 rings (SSSR count). The van der Waals surface area contributed by atoms with Crippen molar-refractivity contribution in [3.8, 4) is 0 Å². The van der Waals surface area contributed by atoms with Gasteiger partial charge in [-0.2, -0.15) is 0 Å². The third-order valence-electron chi connectivity index (χ3n) is 5.12. The van der Waals surface area contributed by atoms with Crippen molar-refractivity contribution in [3.05, 3.63) is 50.9 Å². The van der Waals surface area contributed by atoms with Crippen molar-refractivity contribution in [1.82, 2.24) is 0 Å². The summed E-state index contributed by atoms with van der Waals surface area (Å²) in [5.41, 5.74) is 4.80. The van der Waals surface area contributed by atoms with E-state index in [0.717, 1.165) is 0 Å². The van der Waals surface area contributed by atoms with Crippen molar-refractivity contribution >= 4 is 14.1 Å². The largest absolute Gasteiger partial charge is 1.00 e. The summed E-state index contributed by atoms with van der Waals surface area (Å²) in [6, 6.07) is 11.3. The predicted molar refractivity (Wildman–Crippen MR) is 95.2 cm³/mol. The topological polar surface area (TPSA) is 0 Å². The molecule has 0 N–H and O–H groups in total. The van der Waals surface area contributed by atoms with Crippen LogP contribution in [0.3, 0.4) is 0 Å². The van der Waals surface area contributed by atoms with Gasteiger partial charge in [0.15, 0.2) is 0 Å². The first-order valence-corrected chi connectivity index (χ1v) is 11.3. The fraction of sp³-hybridized carbons (Fsp3) is 0.474. The maximum atomic E-state index is 2.49. The number of hydrogen-bond donors (Lipinski definition) is 0. The summed E-state index contributed by atoms with van der Waals surface area (Å²) in [6.45, 7) is 16.9.